The first kappa shape index (κ1) is 12.9. The maximum atomic E-state index is 12.4. The molecule has 0 unspecified atom stereocenters. The van der Waals surface area contributed by atoms with Crippen molar-refractivity contribution in [2.45, 2.75) is 16.2 Å². The number of fused-ring (bicyclic) bond motifs is 1. The Hall–Kier alpha value is -2.09. The number of hydrogen-bond acceptors (Lipinski definition) is 4. The van der Waals surface area contributed by atoms with Crippen molar-refractivity contribution in [3.63, 3.8) is 0 Å². The summed E-state index contributed by atoms with van der Waals surface area (Å²) >= 11 is 1.18. The van der Waals surface area contributed by atoms with Gasteiger partial charge in [-0.2, -0.15) is 13.2 Å². The number of alkyl halides is 3. The van der Waals surface area contributed by atoms with Gasteiger partial charge in [0.25, 0.3) is 0 Å². The Morgan fingerprint density at radius 2 is 1.80 bits per heavy atom. The van der Waals surface area contributed by atoms with E-state index < -0.39 is 11.7 Å². The van der Waals surface area contributed by atoms with Crippen molar-refractivity contribution in [2.75, 3.05) is 0 Å². The third-order valence-corrected chi connectivity index (χ3v) is 3.43. The number of benzene rings is 1. The summed E-state index contributed by atoms with van der Waals surface area (Å²) in [6.07, 6.45) is -1.23. The first-order chi connectivity index (χ1) is 9.52. The van der Waals surface area contributed by atoms with Crippen LogP contribution in [0.3, 0.4) is 0 Å². The molecule has 8 heteroatoms. The van der Waals surface area contributed by atoms with E-state index in [0.29, 0.717) is 21.2 Å². The zero-order valence-corrected chi connectivity index (χ0v) is 10.7. The van der Waals surface area contributed by atoms with Gasteiger partial charge in [-0.3, -0.25) is 0 Å². The lowest BCUT2D eigenvalue weighted by Crippen LogP contribution is -2.03. The fraction of sp³-hybridized carbons (Fsp3) is 0.0833. The standard InChI is InChI=1S/C12H7F3N4S/c13-12(14,15)7-1-3-8(4-2-7)20-11-16-5-9-10(19-11)18-6-17-9/h1-6H,(H,16,17,18,19). The third kappa shape index (κ3) is 2.60. The molecule has 1 N–H and O–H groups in total. The maximum absolute atomic E-state index is 12.4. The second-order valence-corrected chi connectivity index (χ2v) is 4.96. The van der Waals surface area contributed by atoms with Crippen LogP contribution in [0.25, 0.3) is 11.2 Å². The van der Waals surface area contributed by atoms with E-state index in [1.165, 1.54) is 30.2 Å². The van der Waals surface area contributed by atoms with Crippen LogP contribution >= 0.6 is 11.8 Å². The van der Waals surface area contributed by atoms with E-state index in [1.54, 1.807) is 6.20 Å². The number of rotatable bonds is 2. The molecule has 0 fully saturated rings. The minimum absolute atomic E-state index is 0.435. The van der Waals surface area contributed by atoms with Crippen molar-refractivity contribution < 1.29 is 13.2 Å². The average Bonchev–Trinajstić information content (AvgIpc) is 2.86. The monoisotopic (exact) mass is 296 g/mol. The highest BCUT2D eigenvalue weighted by Gasteiger charge is 2.29. The topological polar surface area (TPSA) is 54.5 Å². The maximum Gasteiger partial charge on any atom is 0.416 e. The van der Waals surface area contributed by atoms with Crippen molar-refractivity contribution >= 4 is 22.9 Å². The number of aromatic amines is 1. The fourth-order valence-corrected chi connectivity index (χ4v) is 2.31. The zero-order chi connectivity index (χ0) is 14.2. The van der Waals surface area contributed by atoms with Gasteiger partial charge in [0.1, 0.15) is 5.52 Å². The van der Waals surface area contributed by atoms with Crippen LogP contribution in [0, 0.1) is 0 Å². The van der Waals surface area contributed by atoms with Gasteiger partial charge in [0.15, 0.2) is 10.8 Å². The molecule has 0 aliphatic rings. The molecular weight excluding hydrogens is 289 g/mol. The Morgan fingerprint density at radius 1 is 1.05 bits per heavy atom. The minimum atomic E-state index is -4.33. The number of nitrogens with zero attached hydrogens (tertiary/aromatic N) is 3. The highest BCUT2D eigenvalue weighted by atomic mass is 32.2. The number of imidazole rings is 1. The van der Waals surface area contributed by atoms with Crippen molar-refractivity contribution in [3.05, 3.63) is 42.4 Å². The molecule has 0 atom stereocenters. The number of halogens is 3. The summed E-state index contributed by atoms with van der Waals surface area (Å²) < 4.78 is 37.3. The Kier molecular flexibility index (Phi) is 3.09. The predicted octanol–water partition coefficient (Wildman–Crippen LogP) is 3.52. The van der Waals surface area contributed by atoms with E-state index >= 15 is 0 Å². The number of hydrogen-bond donors (Lipinski definition) is 1. The van der Waals surface area contributed by atoms with E-state index in [0.717, 1.165) is 12.1 Å². The lowest BCUT2D eigenvalue weighted by molar-refractivity contribution is -0.137. The smallest absolute Gasteiger partial charge is 0.342 e. The van der Waals surface area contributed by atoms with Crippen LogP contribution in [0.4, 0.5) is 13.2 Å². The van der Waals surface area contributed by atoms with Crippen LogP contribution in [0.1, 0.15) is 5.56 Å². The van der Waals surface area contributed by atoms with Gasteiger partial charge in [-0.25, -0.2) is 15.0 Å². The molecule has 3 rings (SSSR count). The van der Waals surface area contributed by atoms with Crippen LogP contribution in [0.2, 0.25) is 0 Å². The summed E-state index contributed by atoms with van der Waals surface area (Å²) in [5.41, 5.74) is 0.557. The lowest BCUT2D eigenvalue weighted by atomic mass is 10.2. The molecule has 102 valence electrons. The summed E-state index contributed by atoms with van der Waals surface area (Å²) in [6.45, 7) is 0. The fourth-order valence-electron chi connectivity index (χ4n) is 1.59. The van der Waals surface area contributed by atoms with Crippen molar-refractivity contribution in [1.82, 2.24) is 19.9 Å². The Morgan fingerprint density at radius 3 is 2.50 bits per heavy atom. The minimum Gasteiger partial charge on any atom is -0.342 e. The second-order valence-electron chi connectivity index (χ2n) is 3.92. The third-order valence-electron chi connectivity index (χ3n) is 2.54. The average molecular weight is 296 g/mol. The predicted molar refractivity (Wildman–Crippen MR) is 67.3 cm³/mol. The molecule has 0 bridgehead atoms. The molecule has 0 saturated carbocycles. The van der Waals surface area contributed by atoms with Gasteiger partial charge < -0.3 is 4.98 Å². The lowest BCUT2D eigenvalue weighted by Gasteiger charge is -2.06. The Bertz CT molecular complexity index is 736. The summed E-state index contributed by atoms with van der Waals surface area (Å²) in [6, 6.07) is 4.86. The van der Waals surface area contributed by atoms with E-state index in [4.69, 9.17) is 0 Å². The van der Waals surface area contributed by atoms with Crippen molar-refractivity contribution in [1.29, 1.82) is 0 Å². The number of aromatic nitrogens is 4. The number of nitrogens with one attached hydrogen (secondary N) is 1. The van der Waals surface area contributed by atoms with Crippen LogP contribution < -0.4 is 0 Å². The normalized spacial score (nSPS) is 11.9. The van der Waals surface area contributed by atoms with E-state index in [-0.39, 0.29) is 0 Å². The van der Waals surface area contributed by atoms with Crippen LogP contribution in [0.15, 0.2) is 46.8 Å². The van der Waals surface area contributed by atoms with Gasteiger partial charge in [0.05, 0.1) is 18.1 Å². The molecular formula is C12H7F3N4S. The Balaban J connectivity index is 1.83. The first-order valence-electron chi connectivity index (χ1n) is 5.53. The summed E-state index contributed by atoms with van der Waals surface area (Å²) in [7, 11) is 0. The molecule has 0 spiro atoms. The van der Waals surface area contributed by atoms with E-state index in [1.807, 2.05) is 0 Å². The van der Waals surface area contributed by atoms with Crippen molar-refractivity contribution in [2.24, 2.45) is 0 Å². The largest absolute Gasteiger partial charge is 0.416 e. The van der Waals surface area contributed by atoms with Crippen LogP contribution in [0.5, 0.6) is 0 Å². The molecule has 0 aliphatic heterocycles. The molecule has 1 aromatic carbocycles. The van der Waals surface area contributed by atoms with Gasteiger partial charge in [-0.1, -0.05) is 0 Å². The molecule has 4 nitrogen and oxygen atoms in total. The molecule has 0 radical (unpaired) electrons. The molecule has 20 heavy (non-hydrogen) atoms. The highest BCUT2D eigenvalue weighted by molar-refractivity contribution is 7.99. The molecule has 3 aromatic rings. The van der Waals surface area contributed by atoms with E-state index in [2.05, 4.69) is 19.9 Å². The quantitative estimate of drug-likeness (QED) is 0.735. The molecule has 0 aliphatic carbocycles. The van der Waals surface area contributed by atoms with Crippen molar-refractivity contribution in [3.8, 4) is 0 Å². The second kappa shape index (κ2) is 4.78. The summed E-state index contributed by atoms with van der Waals surface area (Å²) in [5, 5.41) is 0.435. The SMILES string of the molecule is FC(F)(F)c1ccc(Sc2ncc3[nH]cnc3n2)cc1. The first-order valence-corrected chi connectivity index (χ1v) is 6.35. The van der Waals surface area contributed by atoms with Gasteiger partial charge in [-0.15, -0.1) is 0 Å². The molecule has 2 aromatic heterocycles. The van der Waals surface area contributed by atoms with Gasteiger partial charge in [0.2, 0.25) is 0 Å². The summed E-state index contributed by atoms with van der Waals surface area (Å²) in [5.74, 6) is 0. The van der Waals surface area contributed by atoms with Gasteiger partial charge in [0, 0.05) is 4.90 Å². The molecule has 2 heterocycles. The Labute approximate surface area is 115 Å². The highest BCUT2D eigenvalue weighted by Crippen LogP contribution is 2.32. The van der Waals surface area contributed by atoms with Gasteiger partial charge >= 0.3 is 6.18 Å². The van der Waals surface area contributed by atoms with E-state index in [9.17, 15) is 13.2 Å². The van der Waals surface area contributed by atoms with Crippen LogP contribution in [-0.4, -0.2) is 19.9 Å². The number of H-pyrrole nitrogens is 1. The summed E-state index contributed by atoms with van der Waals surface area (Å²) in [4.78, 5) is 15.8. The molecule has 0 saturated heterocycles. The molecule has 0 amide bonds. The van der Waals surface area contributed by atoms with Crippen LogP contribution in [-0.2, 0) is 6.18 Å². The van der Waals surface area contributed by atoms with Gasteiger partial charge in [-0.05, 0) is 36.0 Å². The zero-order valence-electron chi connectivity index (χ0n) is 9.85.